The quantitative estimate of drug-likeness (QED) is 0.691. The van der Waals surface area contributed by atoms with Crippen LogP contribution in [0.3, 0.4) is 0 Å². The van der Waals surface area contributed by atoms with E-state index >= 15 is 0 Å². The van der Waals surface area contributed by atoms with Gasteiger partial charge in [0.1, 0.15) is 5.82 Å². The van der Waals surface area contributed by atoms with Crippen molar-refractivity contribution in [1.29, 1.82) is 0 Å². The van der Waals surface area contributed by atoms with Gasteiger partial charge in [-0.1, -0.05) is 0 Å². The third-order valence-corrected chi connectivity index (χ3v) is 2.69. The van der Waals surface area contributed by atoms with E-state index in [9.17, 15) is 0 Å². The predicted molar refractivity (Wildman–Crippen MR) is 70.7 cm³/mol. The molecule has 2 rings (SSSR count). The highest BCUT2D eigenvalue weighted by atomic mass is 15.0. The summed E-state index contributed by atoms with van der Waals surface area (Å²) in [5, 5.41) is 3.29. The van der Waals surface area contributed by atoms with Gasteiger partial charge >= 0.3 is 0 Å². The van der Waals surface area contributed by atoms with Crippen LogP contribution in [0.5, 0.6) is 0 Å². The summed E-state index contributed by atoms with van der Waals surface area (Å²) in [4.78, 5) is 4.26. The average molecular weight is 231 g/mol. The van der Waals surface area contributed by atoms with E-state index in [0.717, 1.165) is 24.5 Å². The lowest BCUT2D eigenvalue weighted by Gasteiger charge is -2.08. The van der Waals surface area contributed by atoms with Crippen molar-refractivity contribution in [3.8, 4) is 0 Å². The van der Waals surface area contributed by atoms with Gasteiger partial charge in [0.2, 0.25) is 0 Å². The molecule has 2 aromatic rings. The first-order valence-corrected chi connectivity index (χ1v) is 5.52. The SMILES string of the molecule is Cn1ccnc1CCNc1ccc(N)c(N)c1. The van der Waals surface area contributed by atoms with Crippen LogP contribution in [0.2, 0.25) is 0 Å². The molecule has 1 aromatic carbocycles. The van der Waals surface area contributed by atoms with Crippen LogP contribution in [0.15, 0.2) is 30.6 Å². The maximum absolute atomic E-state index is 5.73. The summed E-state index contributed by atoms with van der Waals surface area (Å²) in [6.45, 7) is 0.814. The molecule has 5 N–H and O–H groups in total. The van der Waals surface area contributed by atoms with Crippen LogP contribution >= 0.6 is 0 Å². The largest absolute Gasteiger partial charge is 0.397 e. The second kappa shape index (κ2) is 4.78. The van der Waals surface area contributed by atoms with E-state index in [4.69, 9.17) is 11.5 Å². The van der Waals surface area contributed by atoms with Gasteiger partial charge in [0, 0.05) is 38.1 Å². The van der Waals surface area contributed by atoms with Gasteiger partial charge in [-0.15, -0.1) is 0 Å². The minimum Gasteiger partial charge on any atom is -0.397 e. The number of anilines is 3. The number of aryl methyl sites for hydroxylation is 1. The van der Waals surface area contributed by atoms with Gasteiger partial charge in [-0.2, -0.15) is 0 Å². The summed E-state index contributed by atoms with van der Waals surface area (Å²) in [7, 11) is 1.99. The second-order valence-corrected chi connectivity index (χ2v) is 3.97. The molecule has 1 aromatic heterocycles. The van der Waals surface area contributed by atoms with Crippen molar-refractivity contribution in [2.45, 2.75) is 6.42 Å². The fraction of sp³-hybridized carbons (Fsp3) is 0.250. The van der Waals surface area contributed by atoms with Crippen molar-refractivity contribution in [2.75, 3.05) is 23.3 Å². The number of nitrogens with two attached hydrogens (primary N) is 2. The number of nitrogens with one attached hydrogen (secondary N) is 1. The summed E-state index contributed by atoms with van der Waals surface area (Å²) in [6.07, 6.45) is 4.61. The molecule has 17 heavy (non-hydrogen) atoms. The molecule has 90 valence electrons. The topological polar surface area (TPSA) is 81.9 Å². The molecule has 0 spiro atoms. The minimum absolute atomic E-state index is 0.604. The van der Waals surface area contributed by atoms with Gasteiger partial charge in [0.15, 0.2) is 0 Å². The summed E-state index contributed by atoms with van der Waals surface area (Å²) < 4.78 is 2.01. The lowest BCUT2D eigenvalue weighted by atomic mass is 10.2. The van der Waals surface area contributed by atoms with Crippen LogP contribution in [0.1, 0.15) is 5.82 Å². The molecule has 0 bridgehead atoms. The molecule has 0 fully saturated rings. The maximum Gasteiger partial charge on any atom is 0.110 e. The van der Waals surface area contributed by atoms with Gasteiger partial charge in [-0.25, -0.2) is 4.98 Å². The van der Waals surface area contributed by atoms with Crippen molar-refractivity contribution >= 4 is 17.1 Å². The van der Waals surface area contributed by atoms with Crippen LogP contribution in [0.25, 0.3) is 0 Å². The zero-order valence-corrected chi connectivity index (χ0v) is 9.85. The Morgan fingerprint density at radius 3 is 2.76 bits per heavy atom. The van der Waals surface area contributed by atoms with Gasteiger partial charge < -0.3 is 21.4 Å². The Balaban J connectivity index is 1.90. The van der Waals surface area contributed by atoms with Crippen LogP contribution < -0.4 is 16.8 Å². The highest BCUT2D eigenvalue weighted by Crippen LogP contribution is 2.19. The van der Waals surface area contributed by atoms with Gasteiger partial charge in [0.25, 0.3) is 0 Å². The normalized spacial score (nSPS) is 10.4. The molecule has 1 heterocycles. The number of rotatable bonds is 4. The Labute approximate surface area is 100 Å². The van der Waals surface area contributed by atoms with Gasteiger partial charge in [-0.05, 0) is 18.2 Å². The summed E-state index contributed by atoms with van der Waals surface area (Å²) in [6, 6.07) is 5.57. The number of aromatic nitrogens is 2. The standard InChI is InChI=1S/C12H17N5/c1-17-7-6-16-12(17)4-5-15-9-2-3-10(13)11(14)8-9/h2-3,6-8,15H,4-5,13-14H2,1H3. The third-order valence-electron chi connectivity index (χ3n) is 2.69. The number of hydrogen-bond acceptors (Lipinski definition) is 4. The number of benzene rings is 1. The first kappa shape index (κ1) is 11.3. The maximum atomic E-state index is 5.73. The molecule has 0 aliphatic rings. The lowest BCUT2D eigenvalue weighted by molar-refractivity contribution is 0.790. The van der Waals surface area contributed by atoms with Crippen LogP contribution in [0, 0.1) is 0 Å². The van der Waals surface area contributed by atoms with Crippen molar-refractivity contribution in [1.82, 2.24) is 9.55 Å². The number of nitrogens with zero attached hydrogens (tertiary/aromatic N) is 2. The fourth-order valence-corrected chi connectivity index (χ4v) is 1.64. The smallest absolute Gasteiger partial charge is 0.110 e. The predicted octanol–water partition coefficient (Wildman–Crippen LogP) is 1.24. The second-order valence-electron chi connectivity index (χ2n) is 3.97. The first-order chi connectivity index (χ1) is 8.16. The summed E-state index contributed by atoms with van der Waals surface area (Å²) >= 11 is 0. The van der Waals surface area contributed by atoms with Crippen LogP contribution in [0.4, 0.5) is 17.1 Å². The van der Waals surface area contributed by atoms with E-state index in [1.54, 1.807) is 12.3 Å². The molecular formula is C12H17N5. The molecule has 0 unspecified atom stereocenters. The van der Waals surface area contributed by atoms with E-state index in [-0.39, 0.29) is 0 Å². The van der Waals surface area contributed by atoms with Crippen LogP contribution in [-0.2, 0) is 13.5 Å². The van der Waals surface area contributed by atoms with E-state index < -0.39 is 0 Å². The highest BCUT2D eigenvalue weighted by Gasteiger charge is 2.00. The highest BCUT2D eigenvalue weighted by molar-refractivity contribution is 5.69. The van der Waals surface area contributed by atoms with Gasteiger partial charge in [0.05, 0.1) is 11.4 Å². The summed E-state index contributed by atoms with van der Waals surface area (Å²) in [5.74, 6) is 1.06. The molecule has 0 radical (unpaired) electrons. The molecule has 5 nitrogen and oxygen atoms in total. The van der Waals surface area contributed by atoms with E-state index in [1.807, 2.05) is 29.9 Å². The number of hydrogen-bond donors (Lipinski definition) is 3. The minimum atomic E-state index is 0.604. The van der Waals surface area contributed by atoms with Crippen molar-refractivity contribution in [3.05, 3.63) is 36.4 Å². The lowest BCUT2D eigenvalue weighted by Crippen LogP contribution is -2.09. The molecule has 0 saturated heterocycles. The Morgan fingerprint density at radius 2 is 2.12 bits per heavy atom. The zero-order valence-electron chi connectivity index (χ0n) is 9.85. The fourth-order valence-electron chi connectivity index (χ4n) is 1.64. The van der Waals surface area contributed by atoms with Crippen molar-refractivity contribution in [2.24, 2.45) is 7.05 Å². The Morgan fingerprint density at radius 1 is 1.29 bits per heavy atom. The third kappa shape index (κ3) is 2.69. The molecule has 0 atom stereocenters. The Bertz CT molecular complexity index is 503. The monoisotopic (exact) mass is 231 g/mol. The van der Waals surface area contributed by atoms with Gasteiger partial charge in [-0.3, -0.25) is 0 Å². The Kier molecular flexibility index (Phi) is 3.18. The molecule has 0 aliphatic carbocycles. The van der Waals surface area contributed by atoms with Crippen LogP contribution in [-0.4, -0.2) is 16.1 Å². The Hall–Kier alpha value is -2.17. The molecule has 0 saturated carbocycles. The molecular weight excluding hydrogens is 214 g/mol. The molecule has 0 amide bonds. The number of nitrogen functional groups attached to an aromatic ring is 2. The van der Waals surface area contributed by atoms with Crippen molar-refractivity contribution in [3.63, 3.8) is 0 Å². The molecule has 5 heteroatoms. The molecule has 0 aliphatic heterocycles. The van der Waals surface area contributed by atoms with Crippen molar-refractivity contribution < 1.29 is 0 Å². The van der Waals surface area contributed by atoms with E-state index in [2.05, 4.69) is 10.3 Å². The van der Waals surface area contributed by atoms with E-state index in [0.29, 0.717) is 11.4 Å². The average Bonchev–Trinajstić information content (AvgIpc) is 2.70. The number of imidazole rings is 1. The zero-order chi connectivity index (χ0) is 12.3. The first-order valence-electron chi connectivity index (χ1n) is 5.52. The summed E-state index contributed by atoms with van der Waals surface area (Å²) in [5.41, 5.74) is 13.6. The van der Waals surface area contributed by atoms with E-state index in [1.165, 1.54) is 0 Å².